The number of halogens is 3. The van der Waals surface area contributed by atoms with Crippen LogP contribution in [0.5, 0.6) is 0 Å². The molecule has 2 heterocycles. The topological polar surface area (TPSA) is 46.1 Å². The van der Waals surface area contributed by atoms with Crippen molar-refractivity contribution in [3.63, 3.8) is 0 Å². The number of hydrogen-bond acceptors (Lipinski definition) is 4. The van der Waals surface area contributed by atoms with Crippen molar-refractivity contribution in [1.29, 1.82) is 0 Å². The van der Waals surface area contributed by atoms with Crippen LogP contribution >= 0.6 is 46.1 Å². The van der Waals surface area contributed by atoms with Gasteiger partial charge in [-0.05, 0) is 48.0 Å². The summed E-state index contributed by atoms with van der Waals surface area (Å²) >= 11 is 19.8. The van der Waals surface area contributed by atoms with Crippen LogP contribution in [0.1, 0.15) is 15.9 Å². The number of amides is 1. The highest BCUT2D eigenvalue weighted by molar-refractivity contribution is 7.22. The van der Waals surface area contributed by atoms with Gasteiger partial charge in [-0.1, -0.05) is 52.2 Å². The minimum absolute atomic E-state index is 0.290. The lowest BCUT2D eigenvalue weighted by atomic mass is 10.2. The van der Waals surface area contributed by atoms with Crippen LogP contribution < -0.4 is 4.90 Å². The number of anilines is 1. The number of fused-ring (bicyclic) bond motifs is 1. The number of benzene rings is 2. The van der Waals surface area contributed by atoms with Crippen LogP contribution in [0, 0.1) is 0 Å². The van der Waals surface area contributed by atoms with Gasteiger partial charge in [0.2, 0.25) is 0 Å². The van der Waals surface area contributed by atoms with Gasteiger partial charge in [-0.15, -0.1) is 0 Å². The van der Waals surface area contributed by atoms with E-state index in [1.165, 1.54) is 11.3 Å². The zero-order valence-corrected chi connectivity index (χ0v) is 17.4. The van der Waals surface area contributed by atoms with Gasteiger partial charge in [0.1, 0.15) is 0 Å². The quantitative estimate of drug-likeness (QED) is 0.358. The highest BCUT2D eigenvalue weighted by Crippen LogP contribution is 2.33. The predicted octanol–water partition coefficient (Wildman–Crippen LogP) is 6.50. The molecule has 0 atom stereocenters. The molecule has 0 saturated carbocycles. The van der Waals surface area contributed by atoms with Gasteiger partial charge in [-0.2, -0.15) is 0 Å². The van der Waals surface area contributed by atoms with E-state index in [0.29, 0.717) is 32.3 Å². The van der Waals surface area contributed by atoms with Crippen LogP contribution in [0.15, 0.2) is 60.9 Å². The highest BCUT2D eigenvalue weighted by Gasteiger charge is 2.24. The minimum Gasteiger partial charge on any atom is -0.279 e. The number of carbonyl (C=O) groups excluding carboxylic acids is 1. The molecule has 0 saturated heterocycles. The van der Waals surface area contributed by atoms with E-state index in [-0.39, 0.29) is 5.91 Å². The van der Waals surface area contributed by atoms with Crippen LogP contribution in [0.2, 0.25) is 15.1 Å². The molecule has 4 rings (SSSR count). The first kappa shape index (κ1) is 19.2. The van der Waals surface area contributed by atoms with Gasteiger partial charge in [-0.25, -0.2) is 4.98 Å². The third-order valence-electron chi connectivity index (χ3n) is 4.04. The fraction of sp³-hybridized carbons (Fsp3) is 0.0500. The van der Waals surface area contributed by atoms with Crippen molar-refractivity contribution >= 4 is 67.4 Å². The molecule has 140 valence electrons. The van der Waals surface area contributed by atoms with E-state index in [2.05, 4.69) is 9.97 Å². The standard InChI is InChI=1S/C20H12Cl3N3OS/c21-13-3-5-16(23)15(8-13)19(27)26(11-12-2-1-7-24-10-12)20-25-17-6-4-14(22)9-18(17)28-20/h1-10H,11H2. The Hall–Kier alpha value is -2.18. The third kappa shape index (κ3) is 3.98. The van der Waals surface area contributed by atoms with Crippen LogP contribution in [-0.2, 0) is 6.54 Å². The summed E-state index contributed by atoms with van der Waals surface area (Å²) in [6.45, 7) is 0.295. The minimum atomic E-state index is -0.290. The van der Waals surface area contributed by atoms with E-state index < -0.39 is 0 Å². The molecule has 0 aliphatic rings. The molecule has 4 nitrogen and oxygen atoms in total. The van der Waals surface area contributed by atoms with E-state index in [9.17, 15) is 4.79 Å². The molecule has 2 aromatic heterocycles. The Morgan fingerprint density at radius 2 is 1.82 bits per heavy atom. The molecule has 1 amide bonds. The molecule has 0 N–H and O–H groups in total. The second-order valence-electron chi connectivity index (χ2n) is 5.99. The highest BCUT2D eigenvalue weighted by atomic mass is 35.5. The summed E-state index contributed by atoms with van der Waals surface area (Å²) in [6.07, 6.45) is 3.40. The number of nitrogens with zero attached hydrogens (tertiary/aromatic N) is 3. The predicted molar refractivity (Wildman–Crippen MR) is 116 cm³/mol. The lowest BCUT2D eigenvalue weighted by Gasteiger charge is -2.20. The van der Waals surface area contributed by atoms with Crippen molar-refractivity contribution in [2.45, 2.75) is 6.54 Å². The zero-order chi connectivity index (χ0) is 19.7. The molecule has 8 heteroatoms. The lowest BCUT2D eigenvalue weighted by molar-refractivity contribution is 0.0985. The number of hydrogen-bond donors (Lipinski definition) is 0. The Morgan fingerprint density at radius 1 is 1.04 bits per heavy atom. The number of carbonyl (C=O) groups is 1. The SMILES string of the molecule is O=C(c1cc(Cl)ccc1Cl)N(Cc1cccnc1)c1nc2ccc(Cl)cc2s1. The number of thiazole rings is 1. The fourth-order valence-corrected chi connectivity index (χ4v) is 4.32. The van der Waals surface area contributed by atoms with Crippen molar-refractivity contribution in [2.75, 3.05) is 4.90 Å². The molecule has 0 fully saturated rings. The normalized spacial score (nSPS) is 11.0. The molecule has 0 unspecified atom stereocenters. The number of aromatic nitrogens is 2. The first-order chi connectivity index (χ1) is 13.5. The summed E-state index contributed by atoms with van der Waals surface area (Å²) in [4.78, 5) is 23.7. The van der Waals surface area contributed by atoms with Gasteiger partial charge in [0.05, 0.1) is 27.3 Å². The van der Waals surface area contributed by atoms with Gasteiger partial charge in [0.25, 0.3) is 5.91 Å². The zero-order valence-electron chi connectivity index (χ0n) is 14.3. The molecule has 0 spiro atoms. The molecule has 2 aromatic carbocycles. The molecular weight excluding hydrogens is 437 g/mol. The van der Waals surface area contributed by atoms with Crippen LogP contribution in [0.3, 0.4) is 0 Å². The van der Waals surface area contributed by atoms with Crippen molar-refractivity contribution in [3.05, 3.63) is 87.1 Å². The van der Waals surface area contributed by atoms with Crippen molar-refractivity contribution in [3.8, 4) is 0 Å². The molecule has 0 bridgehead atoms. The maximum absolute atomic E-state index is 13.4. The Labute approximate surface area is 180 Å². The summed E-state index contributed by atoms with van der Waals surface area (Å²) in [5.41, 5.74) is 1.95. The molecule has 4 aromatic rings. The monoisotopic (exact) mass is 447 g/mol. The van der Waals surface area contributed by atoms with E-state index in [4.69, 9.17) is 34.8 Å². The molecule has 28 heavy (non-hydrogen) atoms. The van der Waals surface area contributed by atoms with E-state index in [1.54, 1.807) is 41.6 Å². The van der Waals surface area contributed by atoms with Crippen LogP contribution in [-0.4, -0.2) is 15.9 Å². The number of pyridine rings is 1. The van der Waals surface area contributed by atoms with Gasteiger partial charge in [-0.3, -0.25) is 14.7 Å². The van der Waals surface area contributed by atoms with Gasteiger partial charge in [0, 0.05) is 22.4 Å². The van der Waals surface area contributed by atoms with E-state index in [0.717, 1.165) is 15.8 Å². The average Bonchev–Trinajstić information content (AvgIpc) is 3.11. The lowest BCUT2D eigenvalue weighted by Crippen LogP contribution is -2.30. The molecule has 0 aliphatic carbocycles. The maximum Gasteiger partial charge on any atom is 0.261 e. The molecular formula is C20H12Cl3N3OS. The average molecular weight is 449 g/mol. The van der Waals surface area contributed by atoms with Crippen molar-refractivity contribution in [1.82, 2.24) is 9.97 Å². The maximum atomic E-state index is 13.4. The Bertz CT molecular complexity index is 1160. The van der Waals surface area contributed by atoms with E-state index >= 15 is 0 Å². The van der Waals surface area contributed by atoms with Crippen molar-refractivity contribution in [2.24, 2.45) is 0 Å². The third-order valence-corrected chi connectivity index (χ3v) is 5.88. The second kappa shape index (κ2) is 8.05. The first-order valence-electron chi connectivity index (χ1n) is 8.23. The fourth-order valence-electron chi connectivity index (χ4n) is 2.71. The number of rotatable bonds is 4. The largest absolute Gasteiger partial charge is 0.279 e. The van der Waals surface area contributed by atoms with Gasteiger partial charge in [0.15, 0.2) is 5.13 Å². The summed E-state index contributed by atoms with van der Waals surface area (Å²) in [5.74, 6) is -0.290. The Kier molecular flexibility index (Phi) is 5.51. The summed E-state index contributed by atoms with van der Waals surface area (Å²) in [7, 11) is 0. The second-order valence-corrected chi connectivity index (χ2v) is 8.27. The summed E-state index contributed by atoms with van der Waals surface area (Å²) < 4.78 is 0.892. The summed E-state index contributed by atoms with van der Waals surface area (Å²) in [6, 6.07) is 14.0. The smallest absolute Gasteiger partial charge is 0.261 e. The summed E-state index contributed by atoms with van der Waals surface area (Å²) in [5, 5.41) is 1.92. The van der Waals surface area contributed by atoms with Gasteiger partial charge >= 0.3 is 0 Å². The van der Waals surface area contributed by atoms with E-state index in [1.807, 2.05) is 24.3 Å². The first-order valence-corrected chi connectivity index (χ1v) is 10.2. The Balaban J connectivity index is 1.80. The molecule has 0 aliphatic heterocycles. The van der Waals surface area contributed by atoms with Gasteiger partial charge < -0.3 is 0 Å². The Morgan fingerprint density at radius 3 is 2.61 bits per heavy atom. The van der Waals surface area contributed by atoms with Crippen LogP contribution in [0.25, 0.3) is 10.2 Å². The van der Waals surface area contributed by atoms with Crippen molar-refractivity contribution < 1.29 is 4.79 Å². The van der Waals surface area contributed by atoms with Crippen LogP contribution in [0.4, 0.5) is 5.13 Å². The molecule has 0 radical (unpaired) electrons.